The second kappa shape index (κ2) is 7.55. The zero-order chi connectivity index (χ0) is 12.3. The van der Waals surface area contributed by atoms with Crippen LogP contribution in [0.25, 0.3) is 0 Å². The van der Waals surface area contributed by atoms with Crippen molar-refractivity contribution >= 4 is 22.9 Å². The minimum absolute atomic E-state index is 0. The summed E-state index contributed by atoms with van der Waals surface area (Å²) in [6, 6.07) is 5.01. The van der Waals surface area contributed by atoms with Crippen LogP contribution in [0, 0.1) is 0 Å². The molecule has 0 aliphatic heterocycles. The van der Waals surface area contributed by atoms with E-state index < -0.39 is 13.5 Å². The van der Waals surface area contributed by atoms with Crippen LogP contribution in [0.1, 0.15) is 25.3 Å². The molecule has 0 atom stereocenters. The standard InChI is InChI=1S/C10H12BBrF3O.K/c1-7(2)9-5-8(12)3-4-10(9)16-6-11(13,14)15;/h3-5,7H,6H2,1-2H3;/q-1;+1. The zero-order valence-corrected chi connectivity index (χ0v) is 14.7. The van der Waals surface area contributed by atoms with E-state index in [1.165, 1.54) is 0 Å². The molecule has 0 bridgehead atoms. The topological polar surface area (TPSA) is 9.23 Å². The van der Waals surface area contributed by atoms with Gasteiger partial charge in [-0.3, -0.25) is 0 Å². The molecule has 90 valence electrons. The minimum Gasteiger partial charge on any atom is -0.521 e. The van der Waals surface area contributed by atoms with E-state index in [0.717, 1.165) is 10.0 Å². The van der Waals surface area contributed by atoms with Gasteiger partial charge in [0.1, 0.15) is 5.75 Å². The van der Waals surface area contributed by atoms with E-state index in [2.05, 4.69) is 15.9 Å². The molecular formula is C10H12BBrF3KO. The smallest absolute Gasteiger partial charge is 0.521 e. The Hall–Kier alpha value is 0.991. The van der Waals surface area contributed by atoms with Crippen LogP contribution in [0.3, 0.4) is 0 Å². The Balaban J connectivity index is 0.00000256. The molecule has 0 saturated heterocycles. The molecule has 0 fully saturated rings. The second-order valence-electron chi connectivity index (χ2n) is 3.86. The van der Waals surface area contributed by atoms with Gasteiger partial charge in [-0.1, -0.05) is 29.8 Å². The van der Waals surface area contributed by atoms with Gasteiger partial charge in [0, 0.05) is 4.47 Å². The van der Waals surface area contributed by atoms with E-state index in [1.807, 2.05) is 13.8 Å². The molecule has 17 heavy (non-hydrogen) atoms. The fourth-order valence-electron chi connectivity index (χ4n) is 1.29. The first-order valence-corrected chi connectivity index (χ1v) is 5.72. The van der Waals surface area contributed by atoms with Crippen molar-refractivity contribution in [3.63, 3.8) is 0 Å². The average Bonchev–Trinajstić information content (AvgIpc) is 2.14. The molecule has 1 aromatic rings. The van der Waals surface area contributed by atoms with Gasteiger partial charge < -0.3 is 17.7 Å². The fourth-order valence-corrected chi connectivity index (χ4v) is 1.67. The monoisotopic (exact) mass is 334 g/mol. The van der Waals surface area contributed by atoms with Gasteiger partial charge in [0.25, 0.3) is 0 Å². The van der Waals surface area contributed by atoms with Gasteiger partial charge in [-0.15, -0.1) is 0 Å². The molecule has 0 amide bonds. The van der Waals surface area contributed by atoms with E-state index in [0.29, 0.717) is 5.75 Å². The SMILES string of the molecule is CC(C)c1cc(Br)ccc1OC[B-](F)(F)F.[K+]. The summed E-state index contributed by atoms with van der Waals surface area (Å²) in [6.45, 7) is -2.28. The van der Waals surface area contributed by atoms with E-state index in [4.69, 9.17) is 4.74 Å². The molecule has 0 unspecified atom stereocenters. The third-order valence-electron chi connectivity index (χ3n) is 2.02. The summed E-state index contributed by atoms with van der Waals surface area (Å²) in [6.07, 6.45) is 0. The number of benzene rings is 1. The maximum Gasteiger partial charge on any atom is 1.00 e. The molecule has 0 heterocycles. The number of ether oxygens (including phenoxy) is 1. The predicted octanol–water partition coefficient (Wildman–Crippen LogP) is 1.34. The molecule has 1 rings (SSSR count). The fraction of sp³-hybridized carbons (Fsp3) is 0.400. The van der Waals surface area contributed by atoms with Gasteiger partial charge in [-0.2, -0.15) is 0 Å². The first-order chi connectivity index (χ1) is 7.29. The normalized spacial score (nSPS) is 11.2. The number of hydrogen-bond donors (Lipinski definition) is 0. The predicted molar refractivity (Wildman–Crippen MR) is 62.8 cm³/mol. The van der Waals surface area contributed by atoms with Crippen LogP contribution in [0.15, 0.2) is 22.7 Å². The summed E-state index contributed by atoms with van der Waals surface area (Å²) in [5, 5.41) is 0. The molecule has 0 radical (unpaired) electrons. The van der Waals surface area contributed by atoms with Crippen LogP contribution in [0.5, 0.6) is 5.75 Å². The molecule has 0 N–H and O–H groups in total. The van der Waals surface area contributed by atoms with Crippen LogP contribution in [0.2, 0.25) is 0 Å². The Morgan fingerprint density at radius 2 is 1.88 bits per heavy atom. The van der Waals surface area contributed by atoms with Crippen molar-refractivity contribution in [3.8, 4) is 5.75 Å². The van der Waals surface area contributed by atoms with Crippen molar-refractivity contribution in [1.29, 1.82) is 0 Å². The van der Waals surface area contributed by atoms with Gasteiger partial charge in [-0.25, -0.2) is 0 Å². The van der Waals surface area contributed by atoms with Gasteiger partial charge in [0.15, 0.2) is 0 Å². The van der Waals surface area contributed by atoms with Crippen molar-refractivity contribution in [2.75, 3.05) is 6.51 Å². The second-order valence-corrected chi connectivity index (χ2v) is 4.77. The quantitative estimate of drug-likeness (QED) is 0.755. The summed E-state index contributed by atoms with van der Waals surface area (Å²) >= 11 is 3.28. The summed E-state index contributed by atoms with van der Waals surface area (Å²) in [5.41, 5.74) is 0.773. The van der Waals surface area contributed by atoms with Crippen LogP contribution in [0.4, 0.5) is 12.9 Å². The molecule has 0 aromatic heterocycles. The van der Waals surface area contributed by atoms with Crippen molar-refractivity contribution in [2.45, 2.75) is 19.8 Å². The van der Waals surface area contributed by atoms with Gasteiger partial charge in [0.05, 0.1) is 6.51 Å². The number of rotatable bonds is 4. The van der Waals surface area contributed by atoms with Crippen molar-refractivity contribution < 1.29 is 69.1 Å². The Morgan fingerprint density at radius 1 is 1.29 bits per heavy atom. The molecule has 0 saturated carbocycles. The van der Waals surface area contributed by atoms with Crippen LogP contribution in [-0.2, 0) is 0 Å². The van der Waals surface area contributed by atoms with Crippen LogP contribution >= 0.6 is 15.9 Å². The zero-order valence-electron chi connectivity index (χ0n) is 10.0. The van der Waals surface area contributed by atoms with E-state index in [-0.39, 0.29) is 57.3 Å². The van der Waals surface area contributed by atoms with E-state index in [9.17, 15) is 12.9 Å². The van der Waals surface area contributed by atoms with Crippen LogP contribution in [-0.4, -0.2) is 13.5 Å². The Morgan fingerprint density at radius 3 is 2.35 bits per heavy atom. The van der Waals surface area contributed by atoms with E-state index >= 15 is 0 Å². The third-order valence-corrected chi connectivity index (χ3v) is 2.51. The maximum absolute atomic E-state index is 12.1. The molecular weight excluding hydrogens is 323 g/mol. The molecule has 0 aliphatic carbocycles. The third kappa shape index (κ3) is 6.63. The first kappa shape index (κ1) is 18.0. The van der Waals surface area contributed by atoms with Gasteiger partial charge in [0.2, 0.25) is 0 Å². The molecule has 1 aromatic carbocycles. The summed E-state index contributed by atoms with van der Waals surface area (Å²) in [4.78, 5) is 0. The maximum atomic E-state index is 12.1. The molecule has 0 aliphatic rings. The minimum atomic E-state index is -4.91. The number of hydrogen-bond acceptors (Lipinski definition) is 1. The molecule has 7 heteroatoms. The first-order valence-electron chi connectivity index (χ1n) is 4.93. The van der Waals surface area contributed by atoms with E-state index in [1.54, 1.807) is 18.2 Å². The molecule has 1 nitrogen and oxygen atoms in total. The summed E-state index contributed by atoms with van der Waals surface area (Å²) < 4.78 is 41.9. The largest absolute Gasteiger partial charge is 1.00 e. The van der Waals surface area contributed by atoms with Crippen LogP contribution < -0.4 is 56.1 Å². The summed E-state index contributed by atoms with van der Waals surface area (Å²) in [5.74, 6) is 0.422. The summed E-state index contributed by atoms with van der Waals surface area (Å²) in [7, 11) is 0. The average molecular weight is 335 g/mol. The Bertz CT molecular complexity index is 371. The van der Waals surface area contributed by atoms with Gasteiger partial charge >= 0.3 is 58.4 Å². The van der Waals surface area contributed by atoms with Crippen molar-refractivity contribution in [2.24, 2.45) is 0 Å². The Labute approximate surface area is 150 Å². The van der Waals surface area contributed by atoms with Crippen molar-refractivity contribution in [3.05, 3.63) is 28.2 Å². The van der Waals surface area contributed by atoms with Crippen molar-refractivity contribution in [1.82, 2.24) is 0 Å². The number of halogens is 4. The van der Waals surface area contributed by atoms with Gasteiger partial charge in [-0.05, 0) is 29.7 Å². The molecule has 0 spiro atoms. The Kier molecular flexibility index (Phi) is 7.99.